The Morgan fingerprint density at radius 2 is 1.74 bits per heavy atom. The van der Waals surface area contributed by atoms with Crippen LogP contribution in [0.5, 0.6) is 5.75 Å². The van der Waals surface area contributed by atoms with Crippen molar-refractivity contribution >= 4 is 0 Å². The Bertz CT molecular complexity index is 332. The summed E-state index contributed by atoms with van der Waals surface area (Å²) >= 11 is 0. The first-order valence-electron chi connectivity index (χ1n) is 7.57. The summed E-state index contributed by atoms with van der Waals surface area (Å²) in [5, 5.41) is 3.58. The minimum Gasteiger partial charge on any atom is -0.494 e. The van der Waals surface area contributed by atoms with Crippen molar-refractivity contribution in [3.05, 3.63) is 29.8 Å². The van der Waals surface area contributed by atoms with Crippen molar-refractivity contribution in [2.24, 2.45) is 5.92 Å². The Kier molecular flexibility index (Phi) is 7.57. The van der Waals surface area contributed by atoms with Crippen molar-refractivity contribution < 1.29 is 4.74 Å². The molecule has 0 radical (unpaired) electrons. The summed E-state index contributed by atoms with van der Waals surface area (Å²) in [6.45, 7) is 10.7. The molecule has 1 unspecified atom stereocenters. The standard InChI is InChI=1S/C17H29NO/c1-5-12-19-17-10-8-16(9-11-17)13-18-15(4)7-6-14(2)3/h8-11,14-15,18H,5-7,12-13H2,1-4H3. The van der Waals surface area contributed by atoms with Crippen LogP contribution in [0.4, 0.5) is 0 Å². The third-order valence-corrected chi connectivity index (χ3v) is 3.23. The van der Waals surface area contributed by atoms with E-state index in [1.165, 1.54) is 18.4 Å². The quantitative estimate of drug-likeness (QED) is 0.713. The monoisotopic (exact) mass is 263 g/mol. The highest BCUT2D eigenvalue weighted by molar-refractivity contribution is 5.27. The van der Waals surface area contributed by atoms with Crippen LogP contribution >= 0.6 is 0 Å². The Hall–Kier alpha value is -1.02. The van der Waals surface area contributed by atoms with Crippen LogP contribution in [-0.4, -0.2) is 12.6 Å². The summed E-state index contributed by atoms with van der Waals surface area (Å²) in [4.78, 5) is 0. The first-order valence-corrected chi connectivity index (χ1v) is 7.57. The lowest BCUT2D eigenvalue weighted by Gasteiger charge is -2.15. The second kappa shape index (κ2) is 8.98. The van der Waals surface area contributed by atoms with Crippen molar-refractivity contribution in [1.29, 1.82) is 0 Å². The van der Waals surface area contributed by atoms with E-state index < -0.39 is 0 Å². The van der Waals surface area contributed by atoms with Crippen LogP contribution in [0.3, 0.4) is 0 Å². The summed E-state index contributed by atoms with van der Waals surface area (Å²) in [6.07, 6.45) is 3.59. The van der Waals surface area contributed by atoms with Gasteiger partial charge in [0.15, 0.2) is 0 Å². The van der Waals surface area contributed by atoms with Crippen molar-refractivity contribution in [2.45, 2.75) is 59.5 Å². The van der Waals surface area contributed by atoms with Crippen molar-refractivity contribution in [1.82, 2.24) is 5.32 Å². The lowest BCUT2D eigenvalue weighted by molar-refractivity contribution is 0.317. The number of hydrogen-bond donors (Lipinski definition) is 1. The number of rotatable bonds is 9. The van der Waals surface area contributed by atoms with E-state index in [-0.39, 0.29) is 0 Å². The molecule has 0 amide bonds. The highest BCUT2D eigenvalue weighted by atomic mass is 16.5. The second-order valence-electron chi connectivity index (χ2n) is 5.75. The predicted molar refractivity (Wildman–Crippen MR) is 82.6 cm³/mol. The minimum atomic E-state index is 0.582. The molecular formula is C17H29NO. The largest absolute Gasteiger partial charge is 0.494 e. The molecule has 0 spiro atoms. The normalized spacial score (nSPS) is 12.7. The molecular weight excluding hydrogens is 234 g/mol. The van der Waals surface area contributed by atoms with E-state index in [1.54, 1.807) is 0 Å². The lowest BCUT2D eigenvalue weighted by atomic mass is 10.0. The summed E-state index contributed by atoms with van der Waals surface area (Å²) < 4.78 is 5.58. The van der Waals surface area contributed by atoms with E-state index in [0.29, 0.717) is 6.04 Å². The highest BCUT2D eigenvalue weighted by Crippen LogP contribution is 2.13. The smallest absolute Gasteiger partial charge is 0.119 e. The van der Waals surface area contributed by atoms with Gasteiger partial charge in [-0.1, -0.05) is 32.9 Å². The molecule has 1 atom stereocenters. The molecule has 0 saturated carbocycles. The van der Waals surface area contributed by atoms with Gasteiger partial charge in [-0.2, -0.15) is 0 Å². The first kappa shape index (κ1) is 16.0. The van der Waals surface area contributed by atoms with Crippen LogP contribution in [0, 0.1) is 5.92 Å². The molecule has 0 aliphatic carbocycles. The third-order valence-electron chi connectivity index (χ3n) is 3.23. The van der Waals surface area contributed by atoms with Crippen LogP contribution in [0.1, 0.15) is 52.5 Å². The topological polar surface area (TPSA) is 21.3 Å². The predicted octanol–water partition coefficient (Wildman–Crippen LogP) is 4.39. The molecule has 1 N–H and O–H groups in total. The Balaban J connectivity index is 2.29. The van der Waals surface area contributed by atoms with Gasteiger partial charge in [-0.05, 0) is 49.8 Å². The van der Waals surface area contributed by atoms with Gasteiger partial charge >= 0.3 is 0 Å². The average molecular weight is 263 g/mol. The van der Waals surface area contributed by atoms with E-state index in [9.17, 15) is 0 Å². The molecule has 1 aromatic carbocycles. The average Bonchev–Trinajstić information content (AvgIpc) is 2.41. The molecule has 0 fully saturated rings. The van der Waals surface area contributed by atoms with Crippen LogP contribution in [0.2, 0.25) is 0 Å². The summed E-state index contributed by atoms with van der Waals surface area (Å²) in [5.41, 5.74) is 1.32. The third kappa shape index (κ3) is 7.22. The van der Waals surface area contributed by atoms with E-state index in [2.05, 4.69) is 57.3 Å². The van der Waals surface area contributed by atoms with Gasteiger partial charge in [0.2, 0.25) is 0 Å². The van der Waals surface area contributed by atoms with Gasteiger partial charge in [0.1, 0.15) is 5.75 Å². The van der Waals surface area contributed by atoms with Gasteiger partial charge in [-0.25, -0.2) is 0 Å². The lowest BCUT2D eigenvalue weighted by Crippen LogP contribution is -2.25. The molecule has 1 rings (SSSR count). The van der Waals surface area contributed by atoms with Crippen LogP contribution < -0.4 is 10.1 Å². The van der Waals surface area contributed by atoms with Crippen LogP contribution in [0.15, 0.2) is 24.3 Å². The van der Waals surface area contributed by atoms with E-state index in [4.69, 9.17) is 4.74 Å². The number of ether oxygens (including phenoxy) is 1. The highest BCUT2D eigenvalue weighted by Gasteiger charge is 2.03. The molecule has 2 heteroatoms. The molecule has 1 aromatic rings. The molecule has 0 aromatic heterocycles. The maximum absolute atomic E-state index is 5.58. The first-order chi connectivity index (χ1) is 9.11. The Morgan fingerprint density at radius 1 is 1.05 bits per heavy atom. The fourth-order valence-electron chi connectivity index (χ4n) is 1.90. The molecule has 108 valence electrons. The van der Waals surface area contributed by atoms with E-state index in [0.717, 1.165) is 31.2 Å². The van der Waals surface area contributed by atoms with Gasteiger partial charge in [-0.15, -0.1) is 0 Å². The Morgan fingerprint density at radius 3 is 2.32 bits per heavy atom. The molecule has 0 bridgehead atoms. The fraction of sp³-hybridized carbons (Fsp3) is 0.647. The zero-order chi connectivity index (χ0) is 14.1. The van der Waals surface area contributed by atoms with Gasteiger partial charge < -0.3 is 10.1 Å². The fourth-order valence-corrected chi connectivity index (χ4v) is 1.90. The van der Waals surface area contributed by atoms with E-state index >= 15 is 0 Å². The SMILES string of the molecule is CCCOc1ccc(CNC(C)CCC(C)C)cc1. The molecule has 0 heterocycles. The number of hydrogen-bond acceptors (Lipinski definition) is 2. The van der Waals surface area contributed by atoms with Gasteiger partial charge in [0, 0.05) is 12.6 Å². The number of nitrogens with one attached hydrogen (secondary N) is 1. The zero-order valence-corrected chi connectivity index (χ0v) is 12.9. The molecule has 0 aliphatic rings. The van der Waals surface area contributed by atoms with Crippen molar-refractivity contribution in [2.75, 3.05) is 6.61 Å². The summed E-state index contributed by atoms with van der Waals surface area (Å²) in [6, 6.07) is 9.00. The molecule has 0 aliphatic heterocycles. The van der Waals surface area contributed by atoms with Gasteiger partial charge in [-0.3, -0.25) is 0 Å². The molecule has 2 nitrogen and oxygen atoms in total. The molecule has 19 heavy (non-hydrogen) atoms. The number of benzene rings is 1. The Labute approximate surface area is 118 Å². The van der Waals surface area contributed by atoms with Crippen molar-refractivity contribution in [3.63, 3.8) is 0 Å². The maximum Gasteiger partial charge on any atom is 0.119 e. The minimum absolute atomic E-state index is 0.582. The van der Waals surface area contributed by atoms with Gasteiger partial charge in [0.25, 0.3) is 0 Å². The van der Waals surface area contributed by atoms with Crippen LogP contribution in [-0.2, 0) is 6.54 Å². The van der Waals surface area contributed by atoms with Crippen LogP contribution in [0.25, 0.3) is 0 Å². The van der Waals surface area contributed by atoms with Crippen molar-refractivity contribution in [3.8, 4) is 5.75 Å². The zero-order valence-electron chi connectivity index (χ0n) is 12.9. The maximum atomic E-state index is 5.58. The van der Waals surface area contributed by atoms with Gasteiger partial charge in [0.05, 0.1) is 6.61 Å². The summed E-state index contributed by atoms with van der Waals surface area (Å²) in [5.74, 6) is 1.76. The second-order valence-corrected chi connectivity index (χ2v) is 5.75. The molecule has 0 saturated heterocycles. The summed E-state index contributed by atoms with van der Waals surface area (Å²) in [7, 11) is 0. The van der Waals surface area contributed by atoms with E-state index in [1.807, 2.05) is 0 Å².